The van der Waals surface area contributed by atoms with E-state index in [4.69, 9.17) is 9.15 Å². The second kappa shape index (κ2) is 9.56. The molecule has 0 aliphatic rings. The van der Waals surface area contributed by atoms with Crippen LogP contribution < -0.4 is 20.7 Å². The first-order valence-electron chi connectivity index (χ1n) is 9.48. The molecule has 0 radical (unpaired) electrons. The number of oxazole rings is 1. The Hall–Kier alpha value is -3.80. The van der Waals surface area contributed by atoms with Crippen LogP contribution in [-0.4, -0.2) is 51.5 Å². The summed E-state index contributed by atoms with van der Waals surface area (Å²) < 4.78 is 14.3. The fraction of sp³-hybridized carbons (Fsp3) is 0.300. The van der Waals surface area contributed by atoms with Crippen molar-refractivity contribution in [1.82, 2.24) is 25.2 Å². The highest BCUT2D eigenvalue weighted by atomic mass is 32.1. The van der Waals surface area contributed by atoms with E-state index in [1.165, 1.54) is 19.7 Å². The number of nitrogens with zero attached hydrogens (tertiary/aromatic N) is 3. The summed E-state index contributed by atoms with van der Waals surface area (Å²) in [5.74, 6) is -1.11. The van der Waals surface area contributed by atoms with Gasteiger partial charge in [0.1, 0.15) is 10.6 Å². The van der Waals surface area contributed by atoms with Crippen LogP contribution in [0.15, 0.2) is 35.2 Å². The number of anilines is 1. The number of ether oxygens (including phenoxy) is 1. The average Bonchev–Trinajstić information content (AvgIpc) is 3.43. The Morgan fingerprint density at radius 1 is 1.22 bits per heavy atom. The summed E-state index contributed by atoms with van der Waals surface area (Å²) in [5, 5.41) is 11.6. The molecule has 32 heavy (non-hydrogen) atoms. The van der Waals surface area contributed by atoms with E-state index in [9.17, 15) is 14.4 Å². The Balaban J connectivity index is 1.58. The van der Waals surface area contributed by atoms with E-state index >= 15 is 0 Å². The first kappa shape index (κ1) is 22.9. The molecular weight excluding hydrogens is 436 g/mol. The Morgan fingerprint density at radius 3 is 2.62 bits per heavy atom. The van der Waals surface area contributed by atoms with Gasteiger partial charge in [0.05, 0.1) is 30.1 Å². The lowest BCUT2D eigenvalue weighted by Gasteiger charge is -2.26. The SMILES string of the molecule is COc1cc(NC(=O)C(=O)NC(C)(C)CNC(=O)c2snnc2C)ccc1-c1cnco1. The predicted octanol–water partition coefficient (Wildman–Crippen LogP) is 1.77. The summed E-state index contributed by atoms with van der Waals surface area (Å²) in [7, 11) is 1.48. The maximum atomic E-state index is 12.4. The maximum absolute atomic E-state index is 12.4. The van der Waals surface area contributed by atoms with Gasteiger partial charge in [-0.2, -0.15) is 0 Å². The van der Waals surface area contributed by atoms with Crippen molar-refractivity contribution in [2.75, 3.05) is 19.0 Å². The van der Waals surface area contributed by atoms with Crippen LogP contribution in [0.4, 0.5) is 5.69 Å². The molecule has 3 N–H and O–H groups in total. The van der Waals surface area contributed by atoms with Crippen molar-refractivity contribution in [2.45, 2.75) is 26.3 Å². The normalized spacial score (nSPS) is 11.0. The number of carbonyl (C=O) groups excluding carboxylic acids is 3. The molecule has 0 aliphatic carbocycles. The van der Waals surface area contributed by atoms with Gasteiger partial charge in [0.25, 0.3) is 5.91 Å². The second-order valence-electron chi connectivity index (χ2n) is 7.44. The Bertz CT molecular complexity index is 1130. The molecule has 0 spiro atoms. The van der Waals surface area contributed by atoms with E-state index in [2.05, 4.69) is 30.5 Å². The first-order valence-corrected chi connectivity index (χ1v) is 10.2. The minimum absolute atomic E-state index is 0.0991. The zero-order valence-electron chi connectivity index (χ0n) is 17.9. The summed E-state index contributed by atoms with van der Waals surface area (Å²) in [4.78, 5) is 41.2. The van der Waals surface area contributed by atoms with Gasteiger partial charge in [-0.3, -0.25) is 14.4 Å². The smallest absolute Gasteiger partial charge is 0.313 e. The van der Waals surface area contributed by atoms with E-state index < -0.39 is 17.4 Å². The molecule has 1 aromatic carbocycles. The molecule has 12 heteroatoms. The standard InChI is InChI=1S/C20H22N6O5S/c1-11-16(32-26-25-11)17(27)22-9-20(2,3)24-19(29)18(28)23-12-5-6-13(14(7-12)30-4)15-8-21-10-31-15/h5-8,10H,9H2,1-4H3,(H,22,27)(H,23,28)(H,24,29). The molecule has 0 aliphatic heterocycles. The Kier molecular flexibility index (Phi) is 6.83. The third kappa shape index (κ3) is 5.46. The van der Waals surface area contributed by atoms with Gasteiger partial charge in [0.2, 0.25) is 0 Å². The van der Waals surface area contributed by atoms with Crippen LogP contribution in [0.1, 0.15) is 29.2 Å². The van der Waals surface area contributed by atoms with E-state index in [-0.39, 0.29) is 12.5 Å². The molecule has 0 saturated carbocycles. The van der Waals surface area contributed by atoms with Gasteiger partial charge in [0.15, 0.2) is 12.2 Å². The van der Waals surface area contributed by atoms with Crippen LogP contribution in [0.3, 0.4) is 0 Å². The molecule has 3 amide bonds. The summed E-state index contributed by atoms with van der Waals surface area (Å²) in [5.41, 5.74) is 0.656. The van der Waals surface area contributed by atoms with Gasteiger partial charge in [-0.25, -0.2) is 4.98 Å². The molecular formula is C20H22N6O5S. The highest BCUT2D eigenvalue weighted by Crippen LogP contribution is 2.32. The number of nitrogens with one attached hydrogen (secondary N) is 3. The number of carbonyl (C=O) groups is 3. The van der Waals surface area contributed by atoms with Crippen molar-refractivity contribution in [2.24, 2.45) is 0 Å². The van der Waals surface area contributed by atoms with Crippen LogP contribution in [0, 0.1) is 6.92 Å². The lowest BCUT2D eigenvalue weighted by Crippen LogP contribution is -2.54. The molecule has 2 aromatic heterocycles. The minimum atomic E-state index is -0.885. The third-order valence-electron chi connectivity index (χ3n) is 4.36. The van der Waals surface area contributed by atoms with Crippen LogP contribution >= 0.6 is 11.5 Å². The second-order valence-corrected chi connectivity index (χ2v) is 8.20. The van der Waals surface area contributed by atoms with Crippen LogP contribution in [0.5, 0.6) is 5.75 Å². The molecule has 2 heterocycles. The van der Waals surface area contributed by atoms with E-state index in [0.29, 0.717) is 33.3 Å². The number of rotatable bonds is 7. The summed E-state index contributed by atoms with van der Waals surface area (Å²) in [6.07, 6.45) is 2.84. The third-order valence-corrected chi connectivity index (χ3v) is 5.19. The molecule has 168 valence electrons. The van der Waals surface area contributed by atoms with Crippen molar-refractivity contribution >= 4 is 34.9 Å². The molecule has 3 rings (SSSR count). The molecule has 0 saturated heterocycles. The number of benzene rings is 1. The lowest BCUT2D eigenvalue weighted by atomic mass is 10.1. The molecule has 3 aromatic rings. The van der Waals surface area contributed by atoms with E-state index in [1.54, 1.807) is 39.0 Å². The lowest BCUT2D eigenvalue weighted by molar-refractivity contribution is -0.137. The molecule has 0 fully saturated rings. The Labute approximate surface area is 187 Å². The fourth-order valence-corrected chi connectivity index (χ4v) is 3.31. The number of hydrogen-bond acceptors (Lipinski definition) is 9. The maximum Gasteiger partial charge on any atom is 0.313 e. The number of aromatic nitrogens is 3. The highest BCUT2D eigenvalue weighted by Gasteiger charge is 2.26. The predicted molar refractivity (Wildman–Crippen MR) is 116 cm³/mol. The van der Waals surface area contributed by atoms with Crippen molar-refractivity contribution in [3.8, 4) is 17.1 Å². The van der Waals surface area contributed by atoms with Gasteiger partial charge in [-0.15, -0.1) is 5.10 Å². The first-order chi connectivity index (χ1) is 15.2. The number of methoxy groups -OCH3 is 1. The highest BCUT2D eigenvalue weighted by molar-refractivity contribution is 7.08. The van der Waals surface area contributed by atoms with E-state index in [1.807, 2.05) is 0 Å². The van der Waals surface area contributed by atoms with Crippen LogP contribution in [0.2, 0.25) is 0 Å². The molecule has 11 nitrogen and oxygen atoms in total. The quantitative estimate of drug-likeness (QED) is 0.454. The Morgan fingerprint density at radius 2 is 2.00 bits per heavy atom. The largest absolute Gasteiger partial charge is 0.496 e. The number of aryl methyl sites for hydroxylation is 1. The zero-order valence-corrected chi connectivity index (χ0v) is 18.7. The zero-order chi connectivity index (χ0) is 23.3. The van der Waals surface area contributed by atoms with Gasteiger partial charge in [0, 0.05) is 18.3 Å². The minimum Gasteiger partial charge on any atom is -0.496 e. The molecule has 0 unspecified atom stereocenters. The summed E-state index contributed by atoms with van der Waals surface area (Å²) in [6, 6.07) is 4.87. The summed E-state index contributed by atoms with van der Waals surface area (Å²) in [6.45, 7) is 5.15. The molecule has 0 bridgehead atoms. The number of amides is 3. The van der Waals surface area contributed by atoms with E-state index in [0.717, 1.165) is 11.5 Å². The van der Waals surface area contributed by atoms with Crippen molar-refractivity contribution in [3.63, 3.8) is 0 Å². The van der Waals surface area contributed by atoms with Gasteiger partial charge in [-0.1, -0.05) is 4.49 Å². The van der Waals surface area contributed by atoms with Crippen molar-refractivity contribution in [3.05, 3.63) is 41.4 Å². The van der Waals surface area contributed by atoms with Gasteiger partial charge >= 0.3 is 11.8 Å². The van der Waals surface area contributed by atoms with Crippen molar-refractivity contribution in [1.29, 1.82) is 0 Å². The fourth-order valence-electron chi connectivity index (χ4n) is 2.74. The summed E-state index contributed by atoms with van der Waals surface area (Å²) >= 11 is 0.987. The van der Waals surface area contributed by atoms with Gasteiger partial charge in [-0.05, 0) is 44.4 Å². The number of hydrogen-bond donors (Lipinski definition) is 3. The van der Waals surface area contributed by atoms with Gasteiger partial charge < -0.3 is 25.1 Å². The molecule has 0 atom stereocenters. The van der Waals surface area contributed by atoms with Crippen molar-refractivity contribution < 1.29 is 23.5 Å². The average molecular weight is 459 g/mol. The van der Waals surface area contributed by atoms with Crippen LogP contribution in [0.25, 0.3) is 11.3 Å². The monoisotopic (exact) mass is 458 g/mol. The topological polar surface area (TPSA) is 148 Å². The van der Waals surface area contributed by atoms with Crippen LogP contribution in [-0.2, 0) is 9.59 Å².